The minimum Gasteiger partial charge on any atom is -0.337 e. The minimum atomic E-state index is 0.0775. The highest BCUT2D eigenvalue weighted by atomic mass is 16.2. The van der Waals surface area contributed by atoms with Gasteiger partial charge in [0, 0.05) is 38.1 Å². The lowest BCUT2D eigenvalue weighted by Gasteiger charge is -2.21. The molecule has 0 radical (unpaired) electrons. The van der Waals surface area contributed by atoms with E-state index in [1.807, 2.05) is 66.5 Å². The van der Waals surface area contributed by atoms with E-state index in [1.165, 1.54) is 0 Å². The van der Waals surface area contributed by atoms with Gasteiger partial charge in [-0.05, 0) is 54.3 Å². The summed E-state index contributed by atoms with van der Waals surface area (Å²) in [6.07, 6.45) is 4.76. The van der Waals surface area contributed by atoms with Crippen molar-refractivity contribution in [3.8, 4) is 5.69 Å². The number of amides is 1. The Morgan fingerprint density at radius 3 is 2.70 bits per heavy atom. The Hall–Kier alpha value is -2.92. The fourth-order valence-corrected chi connectivity index (χ4v) is 3.69. The minimum absolute atomic E-state index is 0.0775. The van der Waals surface area contributed by atoms with Crippen molar-refractivity contribution in [2.24, 2.45) is 0 Å². The van der Waals surface area contributed by atoms with Crippen molar-refractivity contribution >= 4 is 5.91 Å². The zero-order chi connectivity index (χ0) is 18.6. The Labute approximate surface area is 159 Å². The second kappa shape index (κ2) is 7.76. The maximum atomic E-state index is 13.1. The molecule has 1 N–H and O–H groups in total. The van der Waals surface area contributed by atoms with Gasteiger partial charge in [0.1, 0.15) is 0 Å². The number of carbonyl (C=O) groups excluding carboxylic acids is 1. The number of rotatable bonds is 5. The molecule has 27 heavy (non-hydrogen) atoms. The fraction of sp³-hybridized carbons (Fsp3) is 0.273. The predicted molar refractivity (Wildman–Crippen MR) is 106 cm³/mol. The molecule has 2 aromatic carbocycles. The van der Waals surface area contributed by atoms with Gasteiger partial charge in [0.05, 0.1) is 5.69 Å². The highest BCUT2D eigenvalue weighted by Crippen LogP contribution is 2.26. The number of hydrogen-bond donors (Lipinski definition) is 1. The average molecular weight is 360 g/mol. The van der Waals surface area contributed by atoms with E-state index in [1.54, 1.807) is 11.1 Å². The van der Waals surface area contributed by atoms with E-state index < -0.39 is 0 Å². The summed E-state index contributed by atoms with van der Waals surface area (Å²) < 4.78 is 1.82. The van der Waals surface area contributed by atoms with Crippen LogP contribution in [0.25, 0.3) is 5.69 Å². The fourth-order valence-electron chi connectivity index (χ4n) is 3.69. The Balaban J connectivity index is 1.48. The van der Waals surface area contributed by atoms with Gasteiger partial charge in [-0.1, -0.05) is 30.3 Å². The molecule has 2 heterocycles. The van der Waals surface area contributed by atoms with Gasteiger partial charge in [-0.2, -0.15) is 5.10 Å². The summed E-state index contributed by atoms with van der Waals surface area (Å²) in [6.45, 7) is 2.55. The molecule has 1 atom stereocenters. The smallest absolute Gasteiger partial charge is 0.254 e. The molecule has 4 rings (SSSR count). The first-order valence-corrected chi connectivity index (χ1v) is 9.36. The van der Waals surface area contributed by atoms with Gasteiger partial charge in [0.2, 0.25) is 0 Å². The molecule has 0 saturated carbocycles. The second-order valence-corrected chi connectivity index (χ2v) is 7.06. The summed E-state index contributed by atoms with van der Waals surface area (Å²) in [5, 5.41) is 7.63. The molecule has 1 amide bonds. The Morgan fingerprint density at radius 2 is 2.00 bits per heavy atom. The summed E-state index contributed by atoms with van der Waals surface area (Å²) in [4.78, 5) is 14.9. The lowest BCUT2D eigenvalue weighted by Crippen LogP contribution is -2.27. The van der Waals surface area contributed by atoms with Crippen LogP contribution in [-0.2, 0) is 6.54 Å². The van der Waals surface area contributed by atoms with E-state index in [0.29, 0.717) is 12.5 Å². The molecule has 1 fully saturated rings. The number of nitrogens with zero attached hydrogens (tertiary/aromatic N) is 3. The molecule has 1 aromatic heterocycles. The molecule has 1 saturated heterocycles. The van der Waals surface area contributed by atoms with Gasteiger partial charge < -0.3 is 10.2 Å². The highest BCUT2D eigenvalue weighted by Gasteiger charge is 2.23. The molecular weight excluding hydrogens is 336 g/mol. The van der Waals surface area contributed by atoms with Gasteiger partial charge in [0.25, 0.3) is 5.91 Å². The predicted octanol–water partition coefficient (Wildman–Crippen LogP) is 3.22. The first-order valence-electron chi connectivity index (χ1n) is 9.36. The molecule has 1 aliphatic heterocycles. The Morgan fingerprint density at radius 1 is 1.19 bits per heavy atom. The lowest BCUT2D eigenvalue weighted by molar-refractivity contribution is 0.0783. The molecule has 0 spiro atoms. The monoisotopic (exact) mass is 360 g/mol. The van der Waals surface area contributed by atoms with Crippen molar-refractivity contribution in [3.05, 3.63) is 83.7 Å². The van der Waals surface area contributed by atoms with E-state index in [-0.39, 0.29) is 5.91 Å². The summed E-state index contributed by atoms with van der Waals surface area (Å²) in [6, 6.07) is 18.1. The van der Waals surface area contributed by atoms with E-state index >= 15 is 0 Å². The van der Waals surface area contributed by atoms with E-state index in [4.69, 9.17) is 0 Å². The maximum Gasteiger partial charge on any atom is 0.254 e. The van der Waals surface area contributed by atoms with Crippen molar-refractivity contribution in [1.29, 1.82) is 0 Å². The molecule has 1 unspecified atom stereocenters. The van der Waals surface area contributed by atoms with Crippen LogP contribution in [0.1, 0.15) is 33.8 Å². The molecule has 0 aliphatic carbocycles. The van der Waals surface area contributed by atoms with Crippen molar-refractivity contribution in [2.75, 3.05) is 20.1 Å². The van der Waals surface area contributed by atoms with Gasteiger partial charge in [0.15, 0.2) is 0 Å². The van der Waals surface area contributed by atoms with Crippen molar-refractivity contribution in [2.45, 2.75) is 18.9 Å². The summed E-state index contributed by atoms with van der Waals surface area (Å²) >= 11 is 0. The summed E-state index contributed by atoms with van der Waals surface area (Å²) in [5.41, 5.74) is 4.09. The molecule has 3 aromatic rings. The van der Waals surface area contributed by atoms with Gasteiger partial charge in [-0.15, -0.1) is 0 Å². The average Bonchev–Trinajstić information content (AvgIpc) is 3.42. The molecule has 138 valence electrons. The van der Waals surface area contributed by atoms with Crippen LogP contribution in [0.2, 0.25) is 0 Å². The van der Waals surface area contributed by atoms with Gasteiger partial charge >= 0.3 is 0 Å². The van der Waals surface area contributed by atoms with Gasteiger partial charge in [-0.3, -0.25) is 4.79 Å². The highest BCUT2D eigenvalue weighted by molar-refractivity contribution is 5.95. The normalized spacial score (nSPS) is 16.4. The Bertz CT molecular complexity index is 896. The molecular formula is C22H24N4O. The van der Waals surface area contributed by atoms with E-state index in [2.05, 4.69) is 16.5 Å². The van der Waals surface area contributed by atoms with Crippen molar-refractivity contribution in [1.82, 2.24) is 20.0 Å². The molecule has 0 bridgehead atoms. The quantitative estimate of drug-likeness (QED) is 0.760. The third-order valence-corrected chi connectivity index (χ3v) is 5.16. The molecule has 5 heteroatoms. The van der Waals surface area contributed by atoms with Crippen LogP contribution in [0.15, 0.2) is 67.0 Å². The third-order valence-electron chi connectivity index (χ3n) is 5.16. The van der Waals surface area contributed by atoms with Crippen LogP contribution in [0.5, 0.6) is 0 Å². The SMILES string of the molecule is CN(Cc1ccc(-n2cccn2)cc1)C(=O)c1ccccc1C1CCNC1. The number of nitrogens with one attached hydrogen (secondary N) is 1. The van der Waals surface area contributed by atoms with E-state index in [0.717, 1.165) is 41.9 Å². The van der Waals surface area contributed by atoms with Crippen LogP contribution in [-0.4, -0.2) is 40.7 Å². The van der Waals surface area contributed by atoms with Crippen LogP contribution in [0, 0.1) is 0 Å². The topological polar surface area (TPSA) is 50.2 Å². The Kier molecular flexibility index (Phi) is 5.03. The first kappa shape index (κ1) is 17.5. The van der Waals surface area contributed by atoms with Crippen LogP contribution < -0.4 is 5.32 Å². The summed E-state index contributed by atoms with van der Waals surface area (Å²) in [5.74, 6) is 0.501. The standard InChI is InChI=1S/C22H24N4O/c1-25(16-17-7-9-19(10-8-17)26-14-4-12-24-26)22(27)21-6-3-2-5-20(21)18-11-13-23-15-18/h2-10,12,14,18,23H,11,13,15-16H2,1H3. The molecule has 1 aliphatic rings. The third kappa shape index (κ3) is 3.78. The largest absolute Gasteiger partial charge is 0.337 e. The van der Waals surface area contributed by atoms with Crippen LogP contribution in [0.4, 0.5) is 0 Å². The second-order valence-electron chi connectivity index (χ2n) is 7.06. The van der Waals surface area contributed by atoms with Gasteiger partial charge in [-0.25, -0.2) is 4.68 Å². The molecule has 5 nitrogen and oxygen atoms in total. The maximum absolute atomic E-state index is 13.1. The number of benzene rings is 2. The van der Waals surface area contributed by atoms with E-state index in [9.17, 15) is 4.79 Å². The van der Waals surface area contributed by atoms with Crippen LogP contribution in [0.3, 0.4) is 0 Å². The van der Waals surface area contributed by atoms with Crippen molar-refractivity contribution in [3.63, 3.8) is 0 Å². The zero-order valence-electron chi connectivity index (χ0n) is 15.5. The lowest BCUT2D eigenvalue weighted by atomic mass is 9.93. The van der Waals surface area contributed by atoms with Crippen LogP contribution >= 0.6 is 0 Å². The number of carbonyl (C=O) groups is 1. The number of aromatic nitrogens is 2. The zero-order valence-corrected chi connectivity index (χ0v) is 15.5. The number of hydrogen-bond acceptors (Lipinski definition) is 3. The summed E-state index contributed by atoms with van der Waals surface area (Å²) in [7, 11) is 1.87. The first-order chi connectivity index (χ1) is 13.2. The van der Waals surface area contributed by atoms with Crippen molar-refractivity contribution < 1.29 is 4.79 Å².